The number of hydrogen-bond donors (Lipinski definition) is 0. The van der Waals surface area contributed by atoms with Crippen LogP contribution < -0.4 is 0 Å². The largest absolute Gasteiger partial charge is 0.329 e. The van der Waals surface area contributed by atoms with Gasteiger partial charge in [0.2, 0.25) is 0 Å². The van der Waals surface area contributed by atoms with E-state index in [1.165, 1.54) is 50.5 Å². The lowest BCUT2D eigenvalue weighted by Gasteiger charge is -2.42. The van der Waals surface area contributed by atoms with Gasteiger partial charge in [0.1, 0.15) is 0 Å². The Balaban J connectivity index is 1.88. The molecule has 2 fully saturated rings. The molecular weight excluding hydrogens is 258 g/mol. The van der Waals surface area contributed by atoms with Gasteiger partial charge in [-0.05, 0) is 43.2 Å². The first-order valence-corrected chi connectivity index (χ1v) is 8.44. The summed E-state index contributed by atoms with van der Waals surface area (Å²) in [6.07, 6.45) is 9.73. The van der Waals surface area contributed by atoms with Crippen molar-refractivity contribution in [1.29, 1.82) is 0 Å². The Hall–Kier alpha value is -1.57. The smallest absolute Gasteiger partial charge is 0.255 e. The molecule has 1 spiro atoms. The fraction of sp³-hybridized carbons (Fsp3) is 0.526. The number of carbonyl (C=O) groups excluding carboxylic acids is 1. The SMILES string of the molecule is O=C1C(c2ccccc2)=C2CCCCC23CCCCCN13. The van der Waals surface area contributed by atoms with Crippen molar-refractivity contribution in [3.05, 3.63) is 41.5 Å². The van der Waals surface area contributed by atoms with Crippen molar-refractivity contribution in [1.82, 2.24) is 4.90 Å². The van der Waals surface area contributed by atoms with E-state index in [0.29, 0.717) is 5.91 Å². The highest BCUT2D eigenvalue weighted by Gasteiger charge is 2.51. The quantitative estimate of drug-likeness (QED) is 0.756. The molecule has 0 aromatic heterocycles. The third-order valence-electron chi connectivity index (χ3n) is 5.64. The Morgan fingerprint density at radius 2 is 1.67 bits per heavy atom. The molecule has 2 aliphatic heterocycles. The molecular formula is C19H23NO. The van der Waals surface area contributed by atoms with Gasteiger partial charge in [0.05, 0.1) is 5.54 Å². The van der Waals surface area contributed by atoms with E-state index in [9.17, 15) is 4.79 Å². The molecule has 2 nitrogen and oxygen atoms in total. The number of nitrogens with zero attached hydrogens (tertiary/aromatic N) is 1. The lowest BCUT2D eigenvalue weighted by Crippen LogP contribution is -2.49. The molecule has 2 heteroatoms. The van der Waals surface area contributed by atoms with Crippen molar-refractivity contribution in [2.45, 2.75) is 56.9 Å². The second kappa shape index (κ2) is 5.01. The predicted molar refractivity (Wildman–Crippen MR) is 84.7 cm³/mol. The van der Waals surface area contributed by atoms with Gasteiger partial charge >= 0.3 is 0 Å². The van der Waals surface area contributed by atoms with Crippen LogP contribution in [0.15, 0.2) is 35.9 Å². The maximum Gasteiger partial charge on any atom is 0.255 e. The van der Waals surface area contributed by atoms with Crippen LogP contribution in [0.5, 0.6) is 0 Å². The summed E-state index contributed by atoms with van der Waals surface area (Å²) >= 11 is 0. The van der Waals surface area contributed by atoms with Gasteiger partial charge in [-0.2, -0.15) is 0 Å². The number of rotatable bonds is 1. The highest BCUT2D eigenvalue weighted by Crippen LogP contribution is 2.51. The first-order valence-electron chi connectivity index (χ1n) is 8.44. The van der Waals surface area contributed by atoms with E-state index >= 15 is 0 Å². The third-order valence-corrected chi connectivity index (χ3v) is 5.64. The Labute approximate surface area is 126 Å². The predicted octanol–water partition coefficient (Wildman–Crippen LogP) is 4.17. The van der Waals surface area contributed by atoms with Crippen LogP contribution in [-0.4, -0.2) is 22.9 Å². The van der Waals surface area contributed by atoms with Crippen molar-refractivity contribution >= 4 is 11.5 Å². The number of carbonyl (C=O) groups is 1. The second-order valence-electron chi connectivity index (χ2n) is 6.73. The zero-order valence-electron chi connectivity index (χ0n) is 12.6. The van der Waals surface area contributed by atoms with Gasteiger partial charge in [-0.15, -0.1) is 0 Å². The number of hydrogen-bond acceptors (Lipinski definition) is 1. The molecule has 1 saturated heterocycles. The van der Waals surface area contributed by atoms with Crippen molar-refractivity contribution < 1.29 is 4.79 Å². The molecule has 1 amide bonds. The molecule has 0 radical (unpaired) electrons. The average Bonchev–Trinajstić information content (AvgIpc) is 2.65. The van der Waals surface area contributed by atoms with E-state index in [1.807, 2.05) is 6.07 Å². The van der Waals surface area contributed by atoms with Gasteiger partial charge in [0.15, 0.2) is 0 Å². The van der Waals surface area contributed by atoms with Crippen LogP contribution in [0.4, 0.5) is 0 Å². The van der Waals surface area contributed by atoms with Crippen LogP contribution in [0.3, 0.4) is 0 Å². The molecule has 4 rings (SSSR count). The standard InChI is InChI=1S/C19H23NO/c21-18-17(15-9-3-1-4-10-15)16-11-5-7-13-19(16)12-6-2-8-14-20(18)19/h1,3-4,9-10H,2,5-8,11-14H2. The average molecular weight is 281 g/mol. The van der Waals surface area contributed by atoms with E-state index in [-0.39, 0.29) is 5.54 Å². The molecule has 110 valence electrons. The highest BCUT2D eigenvalue weighted by molar-refractivity contribution is 6.23. The molecule has 2 heterocycles. The van der Waals surface area contributed by atoms with Crippen molar-refractivity contribution in [2.24, 2.45) is 0 Å². The van der Waals surface area contributed by atoms with Gasteiger partial charge in [-0.1, -0.05) is 49.6 Å². The maximum absolute atomic E-state index is 13.1. The summed E-state index contributed by atoms with van der Waals surface area (Å²) in [5.41, 5.74) is 3.72. The van der Waals surface area contributed by atoms with Crippen molar-refractivity contribution in [3.63, 3.8) is 0 Å². The lowest BCUT2D eigenvalue weighted by molar-refractivity contribution is -0.128. The molecule has 3 aliphatic rings. The van der Waals surface area contributed by atoms with E-state index in [2.05, 4.69) is 29.2 Å². The molecule has 1 aliphatic carbocycles. The van der Waals surface area contributed by atoms with Crippen LogP contribution in [0.25, 0.3) is 5.57 Å². The van der Waals surface area contributed by atoms with Crippen LogP contribution in [0, 0.1) is 0 Å². The Bertz CT molecular complexity index is 589. The Morgan fingerprint density at radius 1 is 0.905 bits per heavy atom. The zero-order chi connectivity index (χ0) is 14.3. The molecule has 21 heavy (non-hydrogen) atoms. The molecule has 1 aromatic rings. The van der Waals surface area contributed by atoms with Crippen LogP contribution in [0.2, 0.25) is 0 Å². The maximum atomic E-state index is 13.1. The summed E-state index contributed by atoms with van der Waals surface area (Å²) in [6.45, 7) is 0.957. The summed E-state index contributed by atoms with van der Waals surface area (Å²) in [6, 6.07) is 10.3. The minimum Gasteiger partial charge on any atom is -0.329 e. The normalized spacial score (nSPS) is 29.1. The van der Waals surface area contributed by atoms with Gasteiger partial charge in [0, 0.05) is 12.1 Å². The van der Waals surface area contributed by atoms with Crippen LogP contribution >= 0.6 is 0 Å². The van der Waals surface area contributed by atoms with E-state index < -0.39 is 0 Å². The van der Waals surface area contributed by atoms with Crippen molar-refractivity contribution in [3.8, 4) is 0 Å². The van der Waals surface area contributed by atoms with Gasteiger partial charge in [0.25, 0.3) is 5.91 Å². The molecule has 1 saturated carbocycles. The molecule has 1 unspecified atom stereocenters. The Kier molecular flexibility index (Phi) is 3.13. The summed E-state index contributed by atoms with van der Waals surface area (Å²) in [5.74, 6) is 0.306. The zero-order valence-corrected chi connectivity index (χ0v) is 12.6. The molecule has 1 atom stereocenters. The molecule has 1 aromatic carbocycles. The van der Waals surface area contributed by atoms with Crippen LogP contribution in [0.1, 0.15) is 56.9 Å². The van der Waals surface area contributed by atoms with Gasteiger partial charge in [-0.25, -0.2) is 0 Å². The van der Waals surface area contributed by atoms with Gasteiger partial charge in [-0.3, -0.25) is 4.79 Å². The van der Waals surface area contributed by atoms with Gasteiger partial charge < -0.3 is 4.90 Å². The first kappa shape index (κ1) is 13.1. The highest BCUT2D eigenvalue weighted by atomic mass is 16.2. The van der Waals surface area contributed by atoms with E-state index in [1.54, 1.807) is 0 Å². The fourth-order valence-corrected chi connectivity index (χ4v) is 4.71. The van der Waals surface area contributed by atoms with E-state index in [0.717, 1.165) is 24.1 Å². The monoisotopic (exact) mass is 281 g/mol. The fourth-order valence-electron chi connectivity index (χ4n) is 4.71. The van der Waals surface area contributed by atoms with Crippen LogP contribution in [-0.2, 0) is 4.79 Å². The Morgan fingerprint density at radius 3 is 2.48 bits per heavy atom. The molecule has 0 N–H and O–H groups in total. The van der Waals surface area contributed by atoms with E-state index in [4.69, 9.17) is 0 Å². The third kappa shape index (κ3) is 1.88. The first-order chi connectivity index (χ1) is 10.3. The lowest BCUT2D eigenvalue weighted by atomic mass is 9.74. The minimum absolute atomic E-state index is 0.0804. The second-order valence-corrected chi connectivity index (χ2v) is 6.73. The van der Waals surface area contributed by atoms with Crippen molar-refractivity contribution in [2.75, 3.05) is 6.54 Å². The summed E-state index contributed by atoms with van der Waals surface area (Å²) in [5, 5.41) is 0. The number of benzene rings is 1. The minimum atomic E-state index is 0.0804. The topological polar surface area (TPSA) is 20.3 Å². The summed E-state index contributed by atoms with van der Waals surface area (Å²) < 4.78 is 0. The summed E-state index contributed by atoms with van der Waals surface area (Å²) in [7, 11) is 0. The summed E-state index contributed by atoms with van der Waals surface area (Å²) in [4.78, 5) is 15.4. The number of amides is 1. The molecule has 0 bridgehead atoms.